The van der Waals surface area contributed by atoms with Crippen molar-refractivity contribution in [2.45, 2.75) is 6.42 Å². The standard InChI is InChI=1S/C12H10N4O4/c17-9-4-8(11(18)19)6-16(9)12-15-14-10(20-12)7-2-1-3-13-5-7/h1-3,5,8H,4,6H2,(H,18,19). The summed E-state index contributed by atoms with van der Waals surface area (Å²) in [4.78, 5) is 27.8. The smallest absolute Gasteiger partial charge is 0.325 e. The van der Waals surface area contributed by atoms with E-state index < -0.39 is 11.9 Å². The van der Waals surface area contributed by atoms with Crippen molar-refractivity contribution in [1.82, 2.24) is 15.2 Å². The number of nitrogens with zero attached hydrogens (tertiary/aromatic N) is 4. The molecule has 0 aromatic carbocycles. The maximum Gasteiger partial charge on any atom is 0.325 e. The number of hydrogen-bond donors (Lipinski definition) is 1. The molecule has 8 heteroatoms. The number of rotatable bonds is 3. The van der Waals surface area contributed by atoms with Gasteiger partial charge in [0.15, 0.2) is 0 Å². The molecule has 0 spiro atoms. The minimum absolute atomic E-state index is 0.0117. The molecule has 1 amide bonds. The zero-order valence-corrected chi connectivity index (χ0v) is 10.3. The molecule has 1 aliphatic heterocycles. The number of pyridine rings is 1. The first-order valence-corrected chi connectivity index (χ1v) is 5.92. The molecule has 8 nitrogen and oxygen atoms in total. The third-order valence-corrected chi connectivity index (χ3v) is 3.03. The number of carboxylic acids is 1. The topological polar surface area (TPSA) is 109 Å². The van der Waals surface area contributed by atoms with Gasteiger partial charge in [0.25, 0.3) is 5.89 Å². The van der Waals surface area contributed by atoms with E-state index in [9.17, 15) is 9.59 Å². The van der Waals surface area contributed by atoms with Crippen LogP contribution in [-0.2, 0) is 9.59 Å². The Morgan fingerprint density at radius 2 is 2.30 bits per heavy atom. The second-order valence-electron chi connectivity index (χ2n) is 4.38. The highest BCUT2D eigenvalue weighted by Gasteiger charge is 2.37. The Hall–Kier alpha value is -2.77. The summed E-state index contributed by atoms with van der Waals surface area (Å²) in [6.07, 6.45) is 3.12. The normalized spacial score (nSPS) is 18.5. The first kappa shape index (κ1) is 12.3. The van der Waals surface area contributed by atoms with Crippen LogP contribution < -0.4 is 4.90 Å². The molecule has 1 unspecified atom stereocenters. The van der Waals surface area contributed by atoms with E-state index in [2.05, 4.69) is 15.2 Å². The van der Waals surface area contributed by atoms with Gasteiger partial charge in [-0.15, -0.1) is 5.10 Å². The fraction of sp³-hybridized carbons (Fsp3) is 0.250. The van der Waals surface area contributed by atoms with E-state index in [1.165, 1.54) is 4.90 Å². The monoisotopic (exact) mass is 274 g/mol. The molecule has 2 aromatic heterocycles. The van der Waals surface area contributed by atoms with Crippen molar-refractivity contribution in [2.75, 3.05) is 11.4 Å². The second kappa shape index (κ2) is 4.72. The molecule has 0 radical (unpaired) electrons. The van der Waals surface area contributed by atoms with Gasteiger partial charge in [0.05, 0.1) is 11.5 Å². The molecule has 1 aliphatic rings. The minimum atomic E-state index is -1.01. The average Bonchev–Trinajstić information content (AvgIpc) is 3.06. The molecule has 1 atom stereocenters. The number of amides is 1. The Bertz CT molecular complexity index is 654. The highest BCUT2D eigenvalue weighted by atomic mass is 16.4. The van der Waals surface area contributed by atoms with E-state index >= 15 is 0 Å². The van der Waals surface area contributed by atoms with E-state index in [1.807, 2.05) is 0 Å². The zero-order chi connectivity index (χ0) is 14.1. The van der Waals surface area contributed by atoms with Gasteiger partial charge in [-0.05, 0) is 12.1 Å². The lowest BCUT2D eigenvalue weighted by atomic mass is 10.1. The molecule has 2 aromatic rings. The summed E-state index contributed by atoms with van der Waals surface area (Å²) in [6.45, 7) is 0.0445. The number of anilines is 1. The molecule has 3 heterocycles. The van der Waals surface area contributed by atoms with Crippen LogP contribution in [0.1, 0.15) is 6.42 Å². The maximum absolute atomic E-state index is 11.8. The summed E-state index contributed by atoms with van der Waals surface area (Å²) in [7, 11) is 0. The molecule has 0 aliphatic carbocycles. The van der Waals surface area contributed by atoms with Crippen molar-refractivity contribution >= 4 is 17.9 Å². The Labute approximate surface area is 113 Å². The predicted octanol–water partition coefficient (Wildman–Crippen LogP) is 0.569. The van der Waals surface area contributed by atoms with Crippen molar-refractivity contribution in [3.63, 3.8) is 0 Å². The predicted molar refractivity (Wildman–Crippen MR) is 65.6 cm³/mol. The first-order valence-electron chi connectivity index (χ1n) is 5.92. The summed E-state index contributed by atoms with van der Waals surface area (Å²) >= 11 is 0. The Morgan fingerprint density at radius 3 is 2.95 bits per heavy atom. The maximum atomic E-state index is 11.8. The molecule has 102 valence electrons. The summed E-state index contributed by atoms with van der Waals surface area (Å²) in [5, 5.41) is 16.5. The largest absolute Gasteiger partial charge is 0.481 e. The lowest BCUT2D eigenvalue weighted by Gasteiger charge is -2.08. The molecular weight excluding hydrogens is 264 g/mol. The second-order valence-corrected chi connectivity index (χ2v) is 4.38. The summed E-state index contributed by atoms with van der Waals surface area (Å²) in [6, 6.07) is 3.48. The van der Waals surface area contributed by atoms with Gasteiger partial charge in [0.1, 0.15) is 0 Å². The Kier molecular flexibility index (Phi) is 2.90. The van der Waals surface area contributed by atoms with Gasteiger partial charge < -0.3 is 9.52 Å². The van der Waals surface area contributed by atoms with Crippen LogP contribution in [-0.4, -0.2) is 38.7 Å². The van der Waals surface area contributed by atoms with Crippen LogP contribution in [0.5, 0.6) is 0 Å². The van der Waals surface area contributed by atoms with Gasteiger partial charge in [-0.25, -0.2) is 0 Å². The van der Waals surface area contributed by atoms with Crippen LogP contribution in [0.4, 0.5) is 6.01 Å². The summed E-state index contributed by atoms with van der Waals surface area (Å²) in [5.41, 5.74) is 0.632. The van der Waals surface area contributed by atoms with Gasteiger partial charge in [-0.1, -0.05) is 5.10 Å². The van der Waals surface area contributed by atoms with Gasteiger partial charge in [-0.3, -0.25) is 19.5 Å². The van der Waals surface area contributed by atoms with E-state index in [0.29, 0.717) is 5.56 Å². The quantitative estimate of drug-likeness (QED) is 0.871. The van der Waals surface area contributed by atoms with E-state index in [-0.39, 0.29) is 30.8 Å². The molecule has 1 saturated heterocycles. The van der Waals surface area contributed by atoms with E-state index in [0.717, 1.165) is 0 Å². The number of aliphatic carboxylic acids is 1. The average molecular weight is 274 g/mol. The zero-order valence-electron chi connectivity index (χ0n) is 10.3. The van der Waals surface area contributed by atoms with Gasteiger partial charge in [0.2, 0.25) is 5.91 Å². The van der Waals surface area contributed by atoms with Crippen molar-refractivity contribution in [3.8, 4) is 11.5 Å². The fourth-order valence-corrected chi connectivity index (χ4v) is 1.99. The highest BCUT2D eigenvalue weighted by molar-refractivity contribution is 5.97. The van der Waals surface area contributed by atoms with Crippen LogP contribution in [0.25, 0.3) is 11.5 Å². The number of aromatic nitrogens is 3. The van der Waals surface area contributed by atoms with Crippen LogP contribution >= 0.6 is 0 Å². The van der Waals surface area contributed by atoms with Crippen molar-refractivity contribution in [1.29, 1.82) is 0 Å². The third kappa shape index (κ3) is 2.11. The number of hydrogen-bond acceptors (Lipinski definition) is 6. The van der Waals surface area contributed by atoms with E-state index in [1.54, 1.807) is 24.5 Å². The van der Waals surface area contributed by atoms with Gasteiger partial charge in [0, 0.05) is 25.4 Å². The SMILES string of the molecule is O=C(O)C1CC(=O)N(c2nnc(-c3cccnc3)o2)C1. The van der Waals surface area contributed by atoms with Crippen molar-refractivity contribution in [2.24, 2.45) is 5.92 Å². The molecule has 3 rings (SSSR count). The number of carboxylic acid groups (broad SMARTS) is 1. The molecule has 20 heavy (non-hydrogen) atoms. The van der Waals surface area contributed by atoms with Crippen LogP contribution in [0, 0.1) is 5.92 Å². The lowest BCUT2D eigenvalue weighted by molar-refractivity contribution is -0.141. The van der Waals surface area contributed by atoms with Gasteiger partial charge in [-0.2, -0.15) is 0 Å². The Morgan fingerprint density at radius 1 is 1.45 bits per heavy atom. The van der Waals surface area contributed by atoms with Crippen LogP contribution in [0.2, 0.25) is 0 Å². The molecular formula is C12H10N4O4. The molecule has 0 bridgehead atoms. The van der Waals surface area contributed by atoms with Crippen molar-refractivity contribution in [3.05, 3.63) is 24.5 Å². The first-order chi connectivity index (χ1) is 9.65. The molecule has 0 saturated carbocycles. The summed E-state index contributed by atoms with van der Waals surface area (Å²) < 4.78 is 5.40. The molecule has 1 N–H and O–H groups in total. The minimum Gasteiger partial charge on any atom is -0.481 e. The highest BCUT2D eigenvalue weighted by Crippen LogP contribution is 2.26. The van der Waals surface area contributed by atoms with Crippen LogP contribution in [0.15, 0.2) is 28.9 Å². The summed E-state index contributed by atoms with van der Waals surface area (Å²) in [5.74, 6) is -1.84. The number of carbonyl (C=O) groups excluding carboxylic acids is 1. The lowest BCUT2D eigenvalue weighted by Crippen LogP contribution is -2.26. The van der Waals surface area contributed by atoms with Crippen molar-refractivity contribution < 1.29 is 19.1 Å². The van der Waals surface area contributed by atoms with E-state index in [4.69, 9.17) is 9.52 Å². The molecule has 1 fully saturated rings. The fourth-order valence-electron chi connectivity index (χ4n) is 1.99. The third-order valence-electron chi connectivity index (χ3n) is 3.03. The Balaban J connectivity index is 1.84. The van der Waals surface area contributed by atoms with Gasteiger partial charge >= 0.3 is 12.0 Å². The number of carbonyl (C=O) groups is 2. The van der Waals surface area contributed by atoms with Crippen LogP contribution in [0.3, 0.4) is 0 Å².